The second kappa shape index (κ2) is 11.5. The monoisotopic (exact) mass is 509 g/mol. The van der Waals surface area contributed by atoms with Gasteiger partial charge in [0.15, 0.2) is 5.17 Å². The number of thioether (sulfide) groups is 1. The molecule has 36 heavy (non-hydrogen) atoms. The molecule has 2 heterocycles. The van der Waals surface area contributed by atoms with Gasteiger partial charge in [0.2, 0.25) is 11.8 Å². The lowest BCUT2D eigenvalue weighted by molar-refractivity contribution is -0.125. The third-order valence-corrected chi connectivity index (χ3v) is 6.89. The molecule has 4 rings (SSSR count). The van der Waals surface area contributed by atoms with Crippen LogP contribution in [-0.4, -0.2) is 51.5 Å². The number of aliphatic imine (C=N–C) groups is 2. The van der Waals surface area contributed by atoms with E-state index in [2.05, 4.69) is 20.6 Å². The number of amides is 3. The second-order valence-corrected chi connectivity index (χ2v) is 9.60. The Morgan fingerprint density at radius 3 is 2.64 bits per heavy atom. The lowest BCUT2D eigenvalue weighted by atomic mass is 10.1. The summed E-state index contributed by atoms with van der Waals surface area (Å²) < 4.78 is 13.0. The summed E-state index contributed by atoms with van der Waals surface area (Å²) in [4.78, 5) is 48.7. The lowest BCUT2D eigenvalue weighted by Gasteiger charge is -2.25. The minimum atomic E-state index is -0.720. The van der Waals surface area contributed by atoms with Crippen LogP contribution >= 0.6 is 11.8 Å². The smallest absolute Gasteiger partial charge is 0.259 e. The van der Waals surface area contributed by atoms with E-state index in [1.165, 1.54) is 28.8 Å². The van der Waals surface area contributed by atoms with Crippen molar-refractivity contribution < 1.29 is 18.8 Å². The first-order chi connectivity index (χ1) is 17.4. The Labute approximate surface area is 213 Å². The van der Waals surface area contributed by atoms with Crippen molar-refractivity contribution in [1.82, 2.24) is 15.5 Å². The molecule has 2 aliphatic rings. The van der Waals surface area contributed by atoms with Crippen LogP contribution in [0.3, 0.4) is 0 Å². The van der Waals surface area contributed by atoms with Gasteiger partial charge in [0.25, 0.3) is 5.91 Å². The summed E-state index contributed by atoms with van der Waals surface area (Å²) in [6.07, 6.45) is 1.18. The van der Waals surface area contributed by atoms with Crippen LogP contribution in [-0.2, 0) is 20.9 Å². The number of nitrogens with zero attached hydrogens (tertiary/aromatic N) is 3. The van der Waals surface area contributed by atoms with E-state index in [4.69, 9.17) is 0 Å². The first-order valence-electron chi connectivity index (χ1n) is 11.9. The molecule has 0 unspecified atom stereocenters. The number of benzene rings is 2. The van der Waals surface area contributed by atoms with Crippen LogP contribution in [0.15, 0.2) is 58.5 Å². The highest BCUT2D eigenvalue weighted by Crippen LogP contribution is 2.34. The van der Waals surface area contributed by atoms with E-state index in [-0.39, 0.29) is 54.7 Å². The normalized spacial score (nSPS) is 17.0. The standard InChI is InChI=1S/C26H28FN5O3S/c1-3-16(2)29-23(34)15-36-26-31-20-7-5-4-6-19(20)24-30-21(25(35)32(24)26)12-13-22(33)28-14-17-8-10-18(27)11-9-17/h4-11,16,21H,3,12-15H2,1-2H3,(H,28,33)(H,29,34)/t16-,21+/m0/s1. The van der Waals surface area contributed by atoms with Crippen LogP contribution in [0.4, 0.5) is 10.1 Å². The quantitative estimate of drug-likeness (QED) is 0.540. The van der Waals surface area contributed by atoms with Gasteiger partial charge in [-0.05, 0) is 49.6 Å². The third kappa shape index (κ3) is 5.99. The van der Waals surface area contributed by atoms with Gasteiger partial charge in [-0.2, -0.15) is 0 Å². The molecule has 0 spiro atoms. The van der Waals surface area contributed by atoms with Crippen LogP contribution in [0.1, 0.15) is 44.2 Å². The maximum atomic E-state index is 13.3. The molecule has 2 aromatic rings. The summed E-state index contributed by atoms with van der Waals surface area (Å²) in [5.74, 6) is -0.331. The first-order valence-corrected chi connectivity index (χ1v) is 12.9. The topological polar surface area (TPSA) is 103 Å². The van der Waals surface area contributed by atoms with Crippen molar-refractivity contribution in [1.29, 1.82) is 0 Å². The van der Waals surface area contributed by atoms with Gasteiger partial charge in [-0.3, -0.25) is 19.4 Å². The molecule has 2 aromatic carbocycles. The Kier molecular flexibility index (Phi) is 8.14. The molecule has 188 valence electrons. The molecule has 0 aromatic heterocycles. The second-order valence-electron chi connectivity index (χ2n) is 8.66. The molecule has 2 aliphatic heterocycles. The van der Waals surface area contributed by atoms with Gasteiger partial charge in [0.1, 0.15) is 17.7 Å². The van der Waals surface area contributed by atoms with E-state index in [0.29, 0.717) is 16.7 Å². The Bertz CT molecular complexity index is 1210. The van der Waals surface area contributed by atoms with Crippen molar-refractivity contribution in [2.45, 2.75) is 51.7 Å². The van der Waals surface area contributed by atoms with Crippen LogP contribution in [0.25, 0.3) is 0 Å². The average Bonchev–Trinajstić information content (AvgIpc) is 3.22. The van der Waals surface area contributed by atoms with Gasteiger partial charge in [0.05, 0.1) is 11.4 Å². The Hall–Kier alpha value is -3.53. The van der Waals surface area contributed by atoms with Crippen molar-refractivity contribution in [3.8, 4) is 0 Å². The molecule has 0 saturated carbocycles. The molecule has 2 atom stereocenters. The van der Waals surface area contributed by atoms with Gasteiger partial charge in [-0.15, -0.1) is 0 Å². The molecule has 0 bridgehead atoms. The number of hydrogen-bond donors (Lipinski definition) is 2. The number of fused-ring (bicyclic) bond motifs is 3. The number of carbonyl (C=O) groups is 3. The van der Waals surface area contributed by atoms with Crippen LogP contribution in [0, 0.1) is 5.82 Å². The fraction of sp³-hybridized carbons (Fsp3) is 0.346. The lowest BCUT2D eigenvalue weighted by Crippen LogP contribution is -2.42. The third-order valence-electron chi connectivity index (χ3n) is 5.95. The fourth-order valence-corrected chi connectivity index (χ4v) is 4.61. The summed E-state index contributed by atoms with van der Waals surface area (Å²) in [7, 11) is 0. The molecule has 0 saturated heterocycles. The number of halogens is 1. The summed E-state index contributed by atoms with van der Waals surface area (Å²) in [6.45, 7) is 4.21. The molecule has 0 fully saturated rings. The SMILES string of the molecule is CC[C@H](C)NC(=O)CSC1=Nc2ccccc2C2=N[C@H](CCC(=O)NCc3ccc(F)cc3)C(=O)N12. The number of nitrogens with one attached hydrogen (secondary N) is 2. The summed E-state index contributed by atoms with van der Waals surface area (Å²) in [5.41, 5.74) is 2.20. The van der Waals surface area contributed by atoms with E-state index in [1.54, 1.807) is 12.1 Å². The predicted molar refractivity (Wildman–Crippen MR) is 139 cm³/mol. The van der Waals surface area contributed by atoms with Gasteiger partial charge in [-0.25, -0.2) is 14.3 Å². The Morgan fingerprint density at radius 1 is 1.14 bits per heavy atom. The van der Waals surface area contributed by atoms with Crippen molar-refractivity contribution in [3.63, 3.8) is 0 Å². The highest BCUT2D eigenvalue weighted by Gasteiger charge is 2.41. The van der Waals surface area contributed by atoms with Crippen molar-refractivity contribution in [2.75, 3.05) is 5.75 Å². The molecule has 0 aliphatic carbocycles. The first kappa shape index (κ1) is 25.6. The van der Waals surface area contributed by atoms with Gasteiger partial charge >= 0.3 is 0 Å². The molecular formula is C26H28FN5O3S. The van der Waals surface area contributed by atoms with E-state index in [1.807, 2.05) is 38.1 Å². The molecule has 3 amide bonds. The van der Waals surface area contributed by atoms with Crippen LogP contribution in [0.5, 0.6) is 0 Å². The Morgan fingerprint density at radius 2 is 1.89 bits per heavy atom. The van der Waals surface area contributed by atoms with E-state index in [9.17, 15) is 18.8 Å². The number of carbonyl (C=O) groups excluding carboxylic acids is 3. The predicted octanol–water partition coefficient (Wildman–Crippen LogP) is 3.53. The van der Waals surface area contributed by atoms with E-state index in [0.717, 1.165) is 17.5 Å². The van der Waals surface area contributed by atoms with E-state index < -0.39 is 6.04 Å². The minimum absolute atomic E-state index is 0.0660. The average molecular weight is 510 g/mol. The zero-order valence-electron chi connectivity index (χ0n) is 20.2. The highest BCUT2D eigenvalue weighted by atomic mass is 32.2. The zero-order chi connectivity index (χ0) is 25.7. The number of hydrogen-bond acceptors (Lipinski definition) is 6. The number of amidine groups is 2. The van der Waals surface area contributed by atoms with Gasteiger partial charge in [-0.1, -0.05) is 43.0 Å². The van der Waals surface area contributed by atoms with Crippen molar-refractivity contribution in [2.24, 2.45) is 9.98 Å². The molecular weight excluding hydrogens is 481 g/mol. The molecule has 10 heteroatoms. The molecule has 2 N–H and O–H groups in total. The number of rotatable bonds is 9. The summed E-state index contributed by atoms with van der Waals surface area (Å²) in [6, 6.07) is 12.7. The zero-order valence-corrected chi connectivity index (χ0v) is 21.0. The highest BCUT2D eigenvalue weighted by molar-refractivity contribution is 8.14. The Balaban J connectivity index is 1.41. The summed E-state index contributed by atoms with van der Waals surface area (Å²) in [5, 5.41) is 6.11. The molecule has 8 nitrogen and oxygen atoms in total. The largest absolute Gasteiger partial charge is 0.353 e. The minimum Gasteiger partial charge on any atom is -0.353 e. The maximum Gasteiger partial charge on any atom is 0.259 e. The van der Waals surface area contributed by atoms with E-state index >= 15 is 0 Å². The van der Waals surface area contributed by atoms with Gasteiger partial charge in [0, 0.05) is 24.6 Å². The fourth-order valence-electron chi connectivity index (χ4n) is 3.79. The summed E-state index contributed by atoms with van der Waals surface area (Å²) >= 11 is 1.19. The van der Waals surface area contributed by atoms with Crippen LogP contribution < -0.4 is 10.6 Å². The number of para-hydroxylation sites is 1. The van der Waals surface area contributed by atoms with Crippen LogP contribution in [0.2, 0.25) is 0 Å². The van der Waals surface area contributed by atoms with Crippen molar-refractivity contribution in [3.05, 3.63) is 65.5 Å². The van der Waals surface area contributed by atoms with Crippen molar-refractivity contribution >= 4 is 46.2 Å². The van der Waals surface area contributed by atoms with Gasteiger partial charge < -0.3 is 10.6 Å². The maximum absolute atomic E-state index is 13.3. The molecule has 0 radical (unpaired) electrons.